The van der Waals surface area contributed by atoms with E-state index >= 15 is 0 Å². The zero-order valence-electron chi connectivity index (χ0n) is 17.8. The molecule has 0 amide bonds. The van der Waals surface area contributed by atoms with Crippen LogP contribution in [0.3, 0.4) is 0 Å². The predicted molar refractivity (Wildman–Crippen MR) is 122 cm³/mol. The fourth-order valence-electron chi connectivity index (χ4n) is 4.43. The van der Waals surface area contributed by atoms with Crippen molar-refractivity contribution in [2.45, 2.75) is 50.8 Å². The van der Waals surface area contributed by atoms with Crippen LogP contribution in [-0.2, 0) is 6.54 Å². The van der Waals surface area contributed by atoms with E-state index < -0.39 is 17.7 Å². The molecule has 8 heteroatoms. The third kappa shape index (κ3) is 5.24. The minimum Gasteiger partial charge on any atom is -0.481 e. The van der Waals surface area contributed by atoms with Gasteiger partial charge in [0.2, 0.25) is 5.88 Å². The van der Waals surface area contributed by atoms with E-state index in [0.717, 1.165) is 36.8 Å². The molecule has 2 N–H and O–H groups in total. The number of halogens is 3. The Kier molecular flexibility index (Phi) is 7.33. The lowest BCUT2D eigenvalue weighted by Gasteiger charge is -2.30. The SMILES string of the molecule is COc1ccc2nccc([C@@H](O)CC3CCC(NCc4cc(F)c(Br)c(F)c4)CC3)c2n1. The zero-order chi connectivity index (χ0) is 22.7. The van der Waals surface area contributed by atoms with Gasteiger partial charge in [-0.15, -0.1) is 0 Å². The third-order valence-electron chi connectivity index (χ3n) is 6.20. The monoisotopic (exact) mass is 505 g/mol. The molecule has 32 heavy (non-hydrogen) atoms. The van der Waals surface area contributed by atoms with Crippen LogP contribution in [-0.4, -0.2) is 28.2 Å². The molecule has 1 aliphatic rings. The number of ether oxygens (including phenoxy) is 1. The largest absolute Gasteiger partial charge is 0.481 e. The highest BCUT2D eigenvalue weighted by molar-refractivity contribution is 9.10. The molecular weight excluding hydrogens is 480 g/mol. The number of aliphatic hydroxyl groups excluding tert-OH is 1. The minimum absolute atomic E-state index is 0.129. The Bertz CT molecular complexity index is 1070. The van der Waals surface area contributed by atoms with Gasteiger partial charge in [-0.25, -0.2) is 13.8 Å². The average Bonchev–Trinajstić information content (AvgIpc) is 2.81. The van der Waals surface area contributed by atoms with Gasteiger partial charge in [0.15, 0.2) is 0 Å². The first-order valence-corrected chi connectivity index (χ1v) is 11.6. The molecule has 0 radical (unpaired) electrons. The minimum atomic E-state index is -0.622. The van der Waals surface area contributed by atoms with E-state index in [-0.39, 0.29) is 4.47 Å². The van der Waals surface area contributed by atoms with Crippen LogP contribution in [0.25, 0.3) is 11.0 Å². The summed E-state index contributed by atoms with van der Waals surface area (Å²) in [5, 5.41) is 14.3. The number of nitrogens with one attached hydrogen (secondary N) is 1. The molecule has 4 rings (SSSR count). The standard InChI is InChI=1S/C24H26BrF2N3O2/c1-32-22-7-6-20-24(30-22)17(8-9-28-20)21(31)12-14-2-4-16(5-3-14)29-13-15-10-18(26)23(25)19(27)11-15/h6-11,14,16,21,29,31H,2-5,12-13H2,1H3/t14?,16?,21-/m0/s1. The Morgan fingerprint density at radius 1 is 1.16 bits per heavy atom. The van der Waals surface area contributed by atoms with Gasteiger partial charge in [0.1, 0.15) is 11.6 Å². The maximum atomic E-state index is 13.7. The smallest absolute Gasteiger partial charge is 0.213 e. The highest BCUT2D eigenvalue weighted by Gasteiger charge is 2.25. The number of fused-ring (bicyclic) bond motifs is 1. The first-order chi connectivity index (χ1) is 15.4. The van der Waals surface area contributed by atoms with Crippen molar-refractivity contribution in [3.05, 3.63) is 63.8 Å². The van der Waals surface area contributed by atoms with Crippen LogP contribution in [0.15, 0.2) is 41.0 Å². The van der Waals surface area contributed by atoms with E-state index in [9.17, 15) is 13.9 Å². The highest BCUT2D eigenvalue weighted by Crippen LogP contribution is 2.34. The number of methoxy groups -OCH3 is 1. The van der Waals surface area contributed by atoms with Crippen LogP contribution in [0.1, 0.15) is 49.3 Å². The number of nitrogens with zero attached hydrogens (tertiary/aromatic N) is 2. The van der Waals surface area contributed by atoms with Crippen molar-refractivity contribution < 1.29 is 18.6 Å². The van der Waals surface area contributed by atoms with Crippen LogP contribution in [0.4, 0.5) is 8.78 Å². The quantitative estimate of drug-likeness (QED) is 0.417. The summed E-state index contributed by atoms with van der Waals surface area (Å²) >= 11 is 2.90. The Balaban J connectivity index is 1.32. The second-order valence-corrected chi connectivity index (χ2v) is 9.14. The Morgan fingerprint density at radius 2 is 1.88 bits per heavy atom. The fourth-order valence-corrected chi connectivity index (χ4v) is 4.66. The van der Waals surface area contributed by atoms with Gasteiger partial charge in [-0.3, -0.25) is 4.98 Å². The Hall–Kier alpha value is -2.16. The Labute approximate surface area is 194 Å². The number of aliphatic hydroxyl groups is 1. The summed E-state index contributed by atoms with van der Waals surface area (Å²) in [5.74, 6) is -0.277. The molecule has 1 fully saturated rings. The van der Waals surface area contributed by atoms with Crippen molar-refractivity contribution in [3.8, 4) is 5.88 Å². The van der Waals surface area contributed by atoms with E-state index in [2.05, 4.69) is 31.2 Å². The maximum Gasteiger partial charge on any atom is 0.213 e. The van der Waals surface area contributed by atoms with Gasteiger partial charge < -0.3 is 15.2 Å². The van der Waals surface area contributed by atoms with E-state index in [1.54, 1.807) is 19.4 Å². The van der Waals surface area contributed by atoms with Crippen molar-refractivity contribution in [3.63, 3.8) is 0 Å². The first kappa shape index (κ1) is 23.0. The molecule has 1 atom stereocenters. The zero-order valence-corrected chi connectivity index (χ0v) is 19.4. The number of pyridine rings is 2. The van der Waals surface area contributed by atoms with Gasteiger partial charge in [-0.05, 0) is 83.8 Å². The van der Waals surface area contributed by atoms with Crippen LogP contribution in [0.2, 0.25) is 0 Å². The molecular formula is C24H26BrF2N3O2. The molecule has 2 aromatic heterocycles. The fraction of sp³-hybridized carbons (Fsp3) is 0.417. The number of hydrogen-bond acceptors (Lipinski definition) is 5. The molecule has 1 aliphatic carbocycles. The summed E-state index contributed by atoms with van der Waals surface area (Å²) in [6.45, 7) is 0.426. The van der Waals surface area contributed by atoms with Crippen molar-refractivity contribution >= 4 is 27.0 Å². The molecule has 0 bridgehead atoms. The highest BCUT2D eigenvalue weighted by atomic mass is 79.9. The maximum absolute atomic E-state index is 13.7. The first-order valence-electron chi connectivity index (χ1n) is 10.8. The van der Waals surface area contributed by atoms with Crippen LogP contribution in [0.5, 0.6) is 5.88 Å². The summed E-state index contributed by atoms with van der Waals surface area (Å²) in [6, 6.07) is 8.43. The van der Waals surface area contributed by atoms with E-state index in [4.69, 9.17) is 4.74 Å². The summed E-state index contributed by atoms with van der Waals surface area (Å²) in [5.41, 5.74) is 2.77. The van der Waals surface area contributed by atoms with Crippen molar-refractivity contribution in [1.29, 1.82) is 0 Å². The lowest BCUT2D eigenvalue weighted by atomic mass is 9.81. The van der Waals surface area contributed by atoms with E-state index in [1.807, 2.05) is 12.1 Å². The molecule has 1 saturated carbocycles. The normalized spacial score (nSPS) is 19.8. The molecule has 3 aromatic rings. The van der Waals surface area contributed by atoms with E-state index in [1.165, 1.54) is 12.1 Å². The summed E-state index contributed by atoms with van der Waals surface area (Å²) in [6.07, 6.45) is 5.62. The molecule has 170 valence electrons. The van der Waals surface area contributed by atoms with Crippen molar-refractivity contribution in [2.24, 2.45) is 5.92 Å². The van der Waals surface area contributed by atoms with Crippen LogP contribution >= 0.6 is 15.9 Å². The molecule has 2 heterocycles. The second kappa shape index (κ2) is 10.2. The van der Waals surface area contributed by atoms with Gasteiger partial charge >= 0.3 is 0 Å². The second-order valence-electron chi connectivity index (χ2n) is 8.35. The summed E-state index contributed by atoms with van der Waals surface area (Å²) < 4.78 is 32.5. The van der Waals surface area contributed by atoms with Crippen molar-refractivity contribution in [1.82, 2.24) is 15.3 Å². The van der Waals surface area contributed by atoms with Gasteiger partial charge in [0.25, 0.3) is 0 Å². The number of benzene rings is 1. The molecule has 0 saturated heterocycles. The lowest BCUT2D eigenvalue weighted by molar-refractivity contribution is 0.127. The van der Waals surface area contributed by atoms with Crippen LogP contribution in [0, 0.1) is 17.6 Å². The molecule has 0 aliphatic heterocycles. The number of hydrogen-bond donors (Lipinski definition) is 2. The van der Waals surface area contributed by atoms with Gasteiger partial charge in [0, 0.05) is 30.4 Å². The summed E-state index contributed by atoms with van der Waals surface area (Å²) in [4.78, 5) is 8.81. The number of rotatable bonds is 7. The average molecular weight is 506 g/mol. The van der Waals surface area contributed by atoms with Gasteiger partial charge in [0.05, 0.1) is 28.7 Å². The van der Waals surface area contributed by atoms with E-state index in [0.29, 0.717) is 41.9 Å². The van der Waals surface area contributed by atoms with Gasteiger partial charge in [-0.1, -0.05) is 0 Å². The molecule has 0 unspecified atom stereocenters. The molecule has 0 spiro atoms. The van der Waals surface area contributed by atoms with Crippen LogP contribution < -0.4 is 10.1 Å². The summed E-state index contributed by atoms with van der Waals surface area (Å²) in [7, 11) is 1.57. The molecule has 1 aromatic carbocycles. The third-order valence-corrected chi connectivity index (χ3v) is 6.96. The lowest BCUT2D eigenvalue weighted by Crippen LogP contribution is -2.33. The van der Waals surface area contributed by atoms with Crippen molar-refractivity contribution in [2.75, 3.05) is 7.11 Å². The molecule has 5 nitrogen and oxygen atoms in total. The topological polar surface area (TPSA) is 67.3 Å². The number of aromatic nitrogens is 2. The predicted octanol–water partition coefficient (Wildman–Crippen LogP) is 5.45. The van der Waals surface area contributed by atoms with Gasteiger partial charge in [-0.2, -0.15) is 0 Å². The Morgan fingerprint density at radius 3 is 2.56 bits per heavy atom.